The first-order valence-electron chi connectivity index (χ1n) is 7.66. The van der Waals surface area contributed by atoms with Crippen LogP contribution in [0, 0.1) is 5.92 Å². The molecule has 0 aliphatic heterocycles. The molecule has 0 spiro atoms. The first kappa shape index (κ1) is 14.6. The highest BCUT2D eigenvalue weighted by molar-refractivity contribution is 6.28. The summed E-state index contributed by atoms with van der Waals surface area (Å²) in [7, 11) is 1.89. The lowest BCUT2D eigenvalue weighted by atomic mass is 10.2. The van der Waals surface area contributed by atoms with Gasteiger partial charge in [0.25, 0.3) is 0 Å². The molecule has 2 aliphatic rings. The highest BCUT2D eigenvalue weighted by Gasteiger charge is 2.31. The van der Waals surface area contributed by atoms with Gasteiger partial charge in [0.15, 0.2) is 0 Å². The normalized spacial score (nSPS) is 17.6. The van der Waals surface area contributed by atoms with E-state index < -0.39 is 0 Å². The van der Waals surface area contributed by atoms with E-state index in [2.05, 4.69) is 15.3 Å². The summed E-state index contributed by atoms with van der Waals surface area (Å²) in [6.07, 6.45) is 7.27. The van der Waals surface area contributed by atoms with Crippen molar-refractivity contribution in [1.82, 2.24) is 14.9 Å². The molecule has 0 bridgehead atoms. The van der Waals surface area contributed by atoms with Gasteiger partial charge in [-0.25, -0.2) is 9.97 Å². The first-order valence-corrected chi connectivity index (χ1v) is 8.04. The van der Waals surface area contributed by atoms with Crippen LogP contribution in [0.15, 0.2) is 6.20 Å². The molecule has 114 valence electrons. The van der Waals surface area contributed by atoms with Crippen LogP contribution in [0.25, 0.3) is 0 Å². The van der Waals surface area contributed by atoms with Gasteiger partial charge in [0, 0.05) is 37.8 Å². The number of anilines is 1. The molecule has 0 saturated heterocycles. The van der Waals surface area contributed by atoms with E-state index in [9.17, 15) is 4.79 Å². The Balaban J connectivity index is 1.46. The Bertz CT molecular complexity index is 528. The minimum absolute atomic E-state index is 0.280. The maximum Gasteiger partial charge on any atom is 0.225 e. The van der Waals surface area contributed by atoms with Crippen LogP contribution in [0.4, 0.5) is 5.82 Å². The number of carbonyl (C=O) groups excluding carboxylic acids is 1. The highest BCUT2D eigenvalue weighted by atomic mass is 35.5. The monoisotopic (exact) mass is 308 g/mol. The van der Waals surface area contributed by atoms with E-state index in [1.54, 1.807) is 0 Å². The van der Waals surface area contributed by atoms with Crippen LogP contribution in [0.5, 0.6) is 0 Å². The van der Waals surface area contributed by atoms with Gasteiger partial charge in [-0.1, -0.05) is 0 Å². The molecule has 1 aromatic rings. The number of hydrogen-bond donors (Lipinski definition) is 1. The number of nitrogens with one attached hydrogen (secondary N) is 1. The standard InChI is InChI=1S/C15H21ClN4O/c1-20(14(21)11-5-6-11)8-2-7-17-13-12(10-3-4-10)9-18-15(16)19-13/h9-11H,2-8H2,1H3,(H,17,18,19). The topological polar surface area (TPSA) is 58.1 Å². The number of hydrogen-bond acceptors (Lipinski definition) is 4. The van der Waals surface area contributed by atoms with E-state index in [1.807, 2.05) is 18.1 Å². The van der Waals surface area contributed by atoms with E-state index in [0.29, 0.717) is 17.7 Å². The SMILES string of the molecule is CN(CCCNc1nc(Cl)ncc1C1CC1)C(=O)C1CC1. The Labute approximate surface area is 130 Å². The van der Waals surface area contributed by atoms with E-state index in [-0.39, 0.29) is 5.28 Å². The van der Waals surface area contributed by atoms with Crippen LogP contribution in [0.2, 0.25) is 5.28 Å². The molecule has 5 nitrogen and oxygen atoms in total. The minimum atomic E-state index is 0.280. The van der Waals surface area contributed by atoms with Crippen molar-refractivity contribution < 1.29 is 4.79 Å². The van der Waals surface area contributed by atoms with Crippen LogP contribution in [0.3, 0.4) is 0 Å². The van der Waals surface area contributed by atoms with Crippen molar-refractivity contribution in [1.29, 1.82) is 0 Å². The molecule has 6 heteroatoms. The fourth-order valence-electron chi connectivity index (χ4n) is 2.48. The summed E-state index contributed by atoms with van der Waals surface area (Å²) in [5, 5.41) is 3.62. The minimum Gasteiger partial charge on any atom is -0.370 e. The third kappa shape index (κ3) is 3.84. The average molecular weight is 309 g/mol. The summed E-state index contributed by atoms with van der Waals surface area (Å²) >= 11 is 5.87. The Morgan fingerprint density at radius 2 is 2.19 bits per heavy atom. The van der Waals surface area contributed by atoms with Crippen molar-refractivity contribution in [2.75, 3.05) is 25.5 Å². The van der Waals surface area contributed by atoms with E-state index in [4.69, 9.17) is 11.6 Å². The number of nitrogens with zero attached hydrogens (tertiary/aromatic N) is 3. The number of amides is 1. The Hall–Kier alpha value is -1.36. The smallest absolute Gasteiger partial charge is 0.225 e. The maximum absolute atomic E-state index is 11.8. The Morgan fingerprint density at radius 3 is 2.86 bits per heavy atom. The molecule has 0 atom stereocenters. The lowest BCUT2D eigenvalue weighted by molar-refractivity contribution is -0.131. The van der Waals surface area contributed by atoms with Gasteiger partial charge in [-0.05, 0) is 49.6 Å². The summed E-state index contributed by atoms with van der Waals surface area (Å²) in [4.78, 5) is 22.0. The number of rotatable bonds is 7. The van der Waals surface area contributed by atoms with Crippen molar-refractivity contribution >= 4 is 23.3 Å². The van der Waals surface area contributed by atoms with Gasteiger partial charge < -0.3 is 10.2 Å². The third-order valence-corrected chi connectivity index (χ3v) is 4.25. The molecule has 3 rings (SSSR count). The molecule has 1 aromatic heterocycles. The Morgan fingerprint density at radius 1 is 1.43 bits per heavy atom. The molecular weight excluding hydrogens is 288 g/mol. The van der Waals surface area contributed by atoms with E-state index in [1.165, 1.54) is 18.4 Å². The number of carbonyl (C=O) groups is 1. The van der Waals surface area contributed by atoms with Gasteiger partial charge in [-0.15, -0.1) is 0 Å². The van der Waals surface area contributed by atoms with Gasteiger partial charge >= 0.3 is 0 Å². The third-order valence-electron chi connectivity index (χ3n) is 4.07. The van der Waals surface area contributed by atoms with Gasteiger partial charge in [-0.3, -0.25) is 4.79 Å². The molecule has 2 fully saturated rings. The van der Waals surface area contributed by atoms with E-state index >= 15 is 0 Å². The van der Waals surface area contributed by atoms with Crippen molar-refractivity contribution in [3.8, 4) is 0 Å². The van der Waals surface area contributed by atoms with Crippen LogP contribution in [-0.4, -0.2) is 40.9 Å². The van der Waals surface area contributed by atoms with Crippen molar-refractivity contribution in [2.45, 2.75) is 38.0 Å². The lowest BCUT2D eigenvalue weighted by Crippen LogP contribution is -2.30. The molecular formula is C15H21ClN4O. The summed E-state index contributed by atoms with van der Waals surface area (Å²) in [6, 6.07) is 0. The first-order chi connectivity index (χ1) is 10.1. The molecule has 1 heterocycles. The largest absolute Gasteiger partial charge is 0.370 e. The predicted molar refractivity (Wildman–Crippen MR) is 82.5 cm³/mol. The molecule has 0 radical (unpaired) electrons. The lowest BCUT2D eigenvalue weighted by Gasteiger charge is -2.17. The quantitative estimate of drug-likeness (QED) is 0.621. The molecule has 1 amide bonds. The van der Waals surface area contributed by atoms with Gasteiger partial charge in [0.05, 0.1) is 0 Å². The average Bonchev–Trinajstić information content (AvgIpc) is 3.35. The molecule has 1 N–H and O–H groups in total. The molecule has 2 saturated carbocycles. The molecule has 0 unspecified atom stereocenters. The maximum atomic E-state index is 11.8. The summed E-state index contributed by atoms with van der Waals surface area (Å²) in [5.74, 6) is 2.03. The molecule has 0 aromatic carbocycles. The zero-order valence-electron chi connectivity index (χ0n) is 12.3. The second kappa shape index (κ2) is 6.18. The van der Waals surface area contributed by atoms with Crippen LogP contribution in [0.1, 0.15) is 43.6 Å². The van der Waals surface area contributed by atoms with Gasteiger partial charge in [-0.2, -0.15) is 0 Å². The van der Waals surface area contributed by atoms with Gasteiger partial charge in [0.1, 0.15) is 5.82 Å². The Kier molecular flexibility index (Phi) is 4.29. The summed E-state index contributed by atoms with van der Waals surface area (Å²) in [5.41, 5.74) is 1.17. The van der Waals surface area contributed by atoms with Crippen molar-refractivity contribution in [3.63, 3.8) is 0 Å². The molecule has 21 heavy (non-hydrogen) atoms. The molecule has 2 aliphatic carbocycles. The van der Waals surface area contributed by atoms with Crippen molar-refractivity contribution in [2.24, 2.45) is 5.92 Å². The summed E-state index contributed by atoms with van der Waals surface area (Å²) in [6.45, 7) is 1.56. The fourth-order valence-corrected chi connectivity index (χ4v) is 2.61. The van der Waals surface area contributed by atoms with Crippen molar-refractivity contribution in [3.05, 3.63) is 17.0 Å². The second-order valence-electron chi connectivity index (χ2n) is 6.03. The highest BCUT2D eigenvalue weighted by Crippen LogP contribution is 2.42. The zero-order chi connectivity index (χ0) is 14.8. The van der Waals surface area contributed by atoms with E-state index in [0.717, 1.165) is 38.2 Å². The van der Waals surface area contributed by atoms with Crippen LogP contribution < -0.4 is 5.32 Å². The van der Waals surface area contributed by atoms with Crippen LogP contribution >= 0.6 is 11.6 Å². The predicted octanol–water partition coefficient (Wildman–Crippen LogP) is 2.68. The number of halogens is 1. The van der Waals surface area contributed by atoms with Crippen LogP contribution in [-0.2, 0) is 4.79 Å². The zero-order valence-corrected chi connectivity index (χ0v) is 13.1. The summed E-state index contributed by atoms with van der Waals surface area (Å²) < 4.78 is 0. The number of aromatic nitrogens is 2. The van der Waals surface area contributed by atoms with Gasteiger partial charge in [0.2, 0.25) is 11.2 Å². The second-order valence-corrected chi connectivity index (χ2v) is 6.37. The fraction of sp³-hybridized carbons (Fsp3) is 0.667.